The second-order valence-corrected chi connectivity index (χ2v) is 8.71. The fourth-order valence-corrected chi connectivity index (χ4v) is 4.14. The molecule has 1 rings (SSSR count). The van der Waals surface area contributed by atoms with E-state index < -0.39 is 0 Å². The molecule has 0 saturated heterocycles. The van der Waals surface area contributed by atoms with Gasteiger partial charge in [0.2, 0.25) is 0 Å². The van der Waals surface area contributed by atoms with Gasteiger partial charge in [-0.1, -0.05) is 58.2 Å². The number of unbranched alkanes of at least 4 members (excludes halogenated alkanes) is 2. The van der Waals surface area contributed by atoms with E-state index in [2.05, 4.69) is 53.7 Å². The number of thiol groups is 1. The van der Waals surface area contributed by atoms with Crippen LogP contribution in [0.1, 0.15) is 82.6 Å². The summed E-state index contributed by atoms with van der Waals surface area (Å²) in [6.07, 6.45) is 6.98. The standard InChI is InChI=1S/C23H39NS/c1-8-10-11-12-21(22(25)18(5)24)23(6,7)15-20-14-16(3)19(9-2)13-17(20)4/h13-14,18,25H,8-12,15,24H2,1-7H3/b22-21-. The fourth-order valence-electron chi connectivity index (χ4n) is 3.73. The van der Waals surface area contributed by atoms with E-state index in [-0.39, 0.29) is 11.5 Å². The van der Waals surface area contributed by atoms with E-state index in [0.717, 1.165) is 24.2 Å². The summed E-state index contributed by atoms with van der Waals surface area (Å²) in [6, 6.07) is 4.77. The molecule has 0 saturated carbocycles. The Labute approximate surface area is 161 Å². The molecule has 142 valence electrons. The Morgan fingerprint density at radius 3 is 2.16 bits per heavy atom. The van der Waals surface area contributed by atoms with Crippen molar-refractivity contribution in [3.8, 4) is 0 Å². The van der Waals surface area contributed by atoms with Crippen molar-refractivity contribution in [1.82, 2.24) is 0 Å². The molecule has 25 heavy (non-hydrogen) atoms. The summed E-state index contributed by atoms with van der Waals surface area (Å²) in [7, 11) is 0. The average Bonchev–Trinajstić information content (AvgIpc) is 2.53. The van der Waals surface area contributed by atoms with Crippen molar-refractivity contribution in [2.45, 2.75) is 93.0 Å². The zero-order valence-corrected chi connectivity index (χ0v) is 18.4. The number of hydrogen-bond donors (Lipinski definition) is 2. The van der Waals surface area contributed by atoms with E-state index >= 15 is 0 Å². The van der Waals surface area contributed by atoms with Gasteiger partial charge in [0.25, 0.3) is 0 Å². The van der Waals surface area contributed by atoms with Crippen molar-refractivity contribution in [3.05, 3.63) is 44.9 Å². The van der Waals surface area contributed by atoms with Gasteiger partial charge in [-0.05, 0) is 79.0 Å². The third-order valence-corrected chi connectivity index (χ3v) is 6.07. The topological polar surface area (TPSA) is 26.0 Å². The third kappa shape index (κ3) is 6.18. The maximum absolute atomic E-state index is 6.19. The van der Waals surface area contributed by atoms with Gasteiger partial charge in [0.1, 0.15) is 0 Å². The highest BCUT2D eigenvalue weighted by Crippen LogP contribution is 2.39. The summed E-state index contributed by atoms with van der Waals surface area (Å²) in [5.41, 5.74) is 13.4. The van der Waals surface area contributed by atoms with Gasteiger partial charge < -0.3 is 5.73 Å². The van der Waals surface area contributed by atoms with Gasteiger partial charge in [-0.15, -0.1) is 12.6 Å². The largest absolute Gasteiger partial charge is 0.324 e. The molecule has 0 aromatic heterocycles. The highest BCUT2D eigenvalue weighted by Gasteiger charge is 2.27. The van der Waals surface area contributed by atoms with E-state index in [1.54, 1.807) is 0 Å². The van der Waals surface area contributed by atoms with Crippen molar-refractivity contribution >= 4 is 12.6 Å². The number of aryl methyl sites for hydroxylation is 3. The zero-order valence-electron chi connectivity index (χ0n) is 17.5. The zero-order chi connectivity index (χ0) is 19.2. The molecule has 0 aliphatic carbocycles. The first-order chi connectivity index (χ1) is 11.6. The lowest BCUT2D eigenvalue weighted by molar-refractivity contribution is 0.416. The third-order valence-electron chi connectivity index (χ3n) is 5.40. The molecule has 1 atom stereocenters. The molecule has 1 aromatic carbocycles. The smallest absolute Gasteiger partial charge is 0.0323 e. The lowest BCUT2D eigenvalue weighted by Gasteiger charge is -2.32. The Kier molecular flexibility index (Phi) is 8.77. The van der Waals surface area contributed by atoms with Crippen molar-refractivity contribution < 1.29 is 0 Å². The first kappa shape index (κ1) is 22.3. The maximum atomic E-state index is 6.19. The van der Waals surface area contributed by atoms with Crippen molar-refractivity contribution in [3.63, 3.8) is 0 Å². The van der Waals surface area contributed by atoms with E-state index in [9.17, 15) is 0 Å². The number of allylic oxidation sites excluding steroid dienone is 1. The molecule has 0 fully saturated rings. The van der Waals surface area contributed by atoms with E-state index in [1.165, 1.54) is 47.1 Å². The summed E-state index contributed by atoms with van der Waals surface area (Å²) in [4.78, 5) is 1.08. The predicted octanol–water partition coefficient (Wildman–Crippen LogP) is 6.55. The Bertz CT molecular complexity index is 596. The Hall–Kier alpha value is -0.730. The van der Waals surface area contributed by atoms with Gasteiger partial charge in [0, 0.05) is 6.04 Å². The summed E-state index contributed by atoms with van der Waals surface area (Å²) >= 11 is 4.81. The number of rotatable bonds is 9. The summed E-state index contributed by atoms with van der Waals surface area (Å²) < 4.78 is 0. The lowest BCUT2D eigenvalue weighted by Crippen LogP contribution is -2.25. The van der Waals surface area contributed by atoms with Crippen LogP contribution in [-0.4, -0.2) is 6.04 Å². The molecule has 0 radical (unpaired) electrons. The van der Waals surface area contributed by atoms with Crippen molar-refractivity contribution in [2.75, 3.05) is 0 Å². The van der Waals surface area contributed by atoms with Crippen LogP contribution in [0.3, 0.4) is 0 Å². The fraction of sp³-hybridized carbons (Fsp3) is 0.652. The predicted molar refractivity (Wildman–Crippen MR) is 117 cm³/mol. The second-order valence-electron chi connectivity index (χ2n) is 8.23. The van der Waals surface area contributed by atoms with E-state index in [4.69, 9.17) is 18.4 Å². The summed E-state index contributed by atoms with van der Waals surface area (Å²) in [6.45, 7) is 15.7. The molecule has 1 aromatic rings. The monoisotopic (exact) mass is 361 g/mol. The average molecular weight is 362 g/mol. The minimum atomic E-state index is 0.00420. The molecular weight excluding hydrogens is 322 g/mol. The lowest BCUT2D eigenvalue weighted by atomic mass is 9.74. The Balaban J connectivity index is 3.18. The van der Waals surface area contributed by atoms with Gasteiger partial charge in [0.15, 0.2) is 0 Å². The van der Waals surface area contributed by atoms with Crippen LogP contribution >= 0.6 is 12.6 Å². The molecule has 0 bridgehead atoms. The molecule has 2 heteroatoms. The highest BCUT2D eigenvalue weighted by molar-refractivity contribution is 7.84. The van der Waals surface area contributed by atoms with Crippen LogP contribution < -0.4 is 5.73 Å². The highest BCUT2D eigenvalue weighted by atomic mass is 32.1. The molecule has 0 heterocycles. The number of nitrogens with two attached hydrogens (primary N) is 1. The first-order valence-corrected chi connectivity index (χ1v) is 10.4. The summed E-state index contributed by atoms with van der Waals surface area (Å²) in [5, 5.41) is 0. The van der Waals surface area contributed by atoms with Crippen LogP contribution in [0.4, 0.5) is 0 Å². The van der Waals surface area contributed by atoms with Crippen LogP contribution in [-0.2, 0) is 12.8 Å². The summed E-state index contributed by atoms with van der Waals surface area (Å²) in [5.74, 6) is 0. The number of benzene rings is 1. The van der Waals surface area contributed by atoms with Crippen LogP contribution in [0, 0.1) is 19.3 Å². The van der Waals surface area contributed by atoms with Crippen LogP contribution in [0.2, 0.25) is 0 Å². The minimum absolute atomic E-state index is 0.00420. The second kappa shape index (κ2) is 9.83. The molecule has 0 amide bonds. The quantitative estimate of drug-likeness (QED) is 0.379. The molecule has 1 nitrogen and oxygen atoms in total. The van der Waals surface area contributed by atoms with Gasteiger partial charge in [-0.25, -0.2) is 0 Å². The molecule has 2 N–H and O–H groups in total. The van der Waals surface area contributed by atoms with E-state index in [1.807, 2.05) is 6.92 Å². The van der Waals surface area contributed by atoms with Crippen LogP contribution in [0.25, 0.3) is 0 Å². The molecule has 1 unspecified atom stereocenters. The molecular formula is C23H39NS. The van der Waals surface area contributed by atoms with Crippen molar-refractivity contribution in [2.24, 2.45) is 11.1 Å². The Morgan fingerprint density at radius 2 is 1.64 bits per heavy atom. The first-order valence-electron chi connectivity index (χ1n) is 9.91. The Morgan fingerprint density at radius 1 is 1.08 bits per heavy atom. The molecule has 0 spiro atoms. The molecule has 0 aliphatic heterocycles. The normalized spacial score (nSPS) is 14.4. The van der Waals surface area contributed by atoms with Crippen LogP contribution in [0.5, 0.6) is 0 Å². The van der Waals surface area contributed by atoms with Gasteiger partial charge >= 0.3 is 0 Å². The SMILES string of the molecule is CCCCC/C(=C(/S)C(C)N)C(C)(C)Cc1cc(C)c(CC)cc1C. The van der Waals surface area contributed by atoms with Gasteiger partial charge in [0.05, 0.1) is 0 Å². The minimum Gasteiger partial charge on any atom is -0.324 e. The molecule has 0 aliphatic rings. The van der Waals surface area contributed by atoms with Crippen molar-refractivity contribution in [1.29, 1.82) is 0 Å². The number of hydrogen-bond acceptors (Lipinski definition) is 2. The van der Waals surface area contributed by atoms with Gasteiger partial charge in [-0.3, -0.25) is 0 Å². The maximum Gasteiger partial charge on any atom is 0.0323 e. The van der Waals surface area contributed by atoms with Gasteiger partial charge in [-0.2, -0.15) is 0 Å². The van der Waals surface area contributed by atoms with E-state index in [0.29, 0.717) is 0 Å². The van der Waals surface area contributed by atoms with Crippen LogP contribution in [0.15, 0.2) is 22.6 Å².